The minimum Gasteiger partial charge on any atom is -0.398 e. The summed E-state index contributed by atoms with van der Waals surface area (Å²) in [6.45, 7) is 1.63. The maximum atomic E-state index is 9.50. The molecule has 0 fully saturated rings. The van der Waals surface area contributed by atoms with Crippen LogP contribution in [0.2, 0.25) is 0 Å². The monoisotopic (exact) mass is 261 g/mol. The van der Waals surface area contributed by atoms with Gasteiger partial charge in [0.25, 0.3) is 0 Å². The zero-order chi connectivity index (χ0) is 13.9. The maximum Gasteiger partial charge on any atom is 0.0832 e. The number of fused-ring (bicyclic) bond motifs is 1. The van der Waals surface area contributed by atoms with Crippen molar-refractivity contribution in [2.45, 2.75) is 18.9 Å². The molecule has 0 atom stereocenters. The number of benzene rings is 1. The normalized spacial score (nSPS) is 11.7. The third-order valence-corrected chi connectivity index (χ3v) is 3.53. The van der Waals surface area contributed by atoms with Gasteiger partial charge in [-0.1, -0.05) is 6.92 Å². The molecule has 1 aromatic heterocycles. The van der Waals surface area contributed by atoms with E-state index in [0.29, 0.717) is 12.1 Å². The van der Waals surface area contributed by atoms with Crippen molar-refractivity contribution in [1.29, 1.82) is 0 Å². The molecule has 5 N–H and O–H groups in total. The SMILES string of the molecule is CCC(CO)(CO)Nc1ccc(N)c2cnccc12. The summed E-state index contributed by atoms with van der Waals surface area (Å²) in [6, 6.07) is 5.51. The topological polar surface area (TPSA) is 91.4 Å². The van der Waals surface area contributed by atoms with Crippen LogP contribution in [0.3, 0.4) is 0 Å². The Bertz CT molecular complexity index is 559. The minimum absolute atomic E-state index is 0.142. The molecule has 0 aliphatic heterocycles. The number of aromatic nitrogens is 1. The third-order valence-electron chi connectivity index (χ3n) is 3.53. The van der Waals surface area contributed by atoms with Crippen molar-refractivity contribution in [3.8, 4) is 0 Å². The van der Waals surface area contributed by atoms with Gasteiger partial charge in [-0.25, -0.2) is 0 Å². The van der Waals surface area contributed by atoms with Gasteiger partial charge in [-0.15, -0.1) is 0 Å². The Hall–Kier alpha value is -1.85. The summed E-state index contributed by atoms with van der Waals surface area (Å²) in [4.78, 5) is 4.07. The van der Waals surface area contributed by atoms with Crippen molar-refractivity contribution >= 4 is 22.1 Å². The van der Waals surface area contributed by atoms with Crippen LogP contribution in [0.4, 0.5) is 11.4 Å². The van der Waals surface area contributed by atoms with Crippen LogP contribution in [0.25, 0.3) is 10.8 Å². The fourth-order valence-corrected chi connectivity index (χ4v) is 2.05. The van der Waals surface area contributed by atoms with Gasteiger partial charge in [0.15, 0.2) is 0 Å². The van der Waals surface area contributed by atoms with E-state index in [1.165, 1.54) is 0 Å². The molecular weight excluding hydrogens is 242 g/mol. The highest BCUT2D eigenvalue weighted by atomic mass is 16.3. The Morgan fingerprint density at radius 3 is 2.58 bits per heavy atom. The standard InChI is InChI=1S/C14H19N3O2/c1-2-14(8-18,9-19)17-13-4-3-12(15)11-7-16-6-5-10(11)13/h3-7,17-19H,2,8-9,15H2,1H3. The molecule has 2 aromatic rings. The predicted octanol–water partition coefficient (Wildman–Crippen LogP) is 1.36. The van der Waals surface area contributed by atoms with E-state index in [1.807, 2.05) is 19.1 Å². The van der Waals surface area contributed by atoms with Crippen LogP contribution in [0.15, 0.2) is 30.6 Å². The molecule has 0 saturated carbocycles. The number of nitrogens with two attached hydrogens (primary N) is 1. The second-order valence-electron chi connectivity index (χ2n) is 4.70. The highest BCUT2D eigenvalue weighted by molar-refractivity contribution is 6.00. The Morgan fingerprint density at radius 1 is 1.21 bits per heavy atom. The number of rotatable bonds is 5. The van der Waals surface area contributed by atoms with Crippen molar-refractivity contribution < 1.29 is 10.2 Å². The van der Waals surface area contributed by atoms with Crippen LogP contribution in [-0.4, -0.2) is 33.9 Å². The number of hydrogen-bond donors (Lipinski definition) is 4. The molecule has 1 aromatic carbocycles. The molecule has 2 rings (SSSR count). The zero-order valence-electron chi connectivity index (χ0n) is 10.9. The number of aliphatic hydroxyl groups is 2. The largest absolute Gasteiger partial charge is 0.398 e. The Morgan fingerprint density at radius 2 is 1.95 bits per heavy atom. The van der Waals surface area contributed by atoms with Gasteiger partial charge in [0.2, 0.25) is 0 Å². The molecule has 0 bridgehead atoms. The molecule has 5 nitrogen and oxygen atoms in total. The first kappa shape index (κ1) is 13.6. The highest BCUT2D eigenvalue weighted by Crippen LogP contribution is 2.30. The number of pyridine rings is 1. The first-order valence-corrected chi connectivity index (χ1v) is 6.28. The summed E-state index contributed by atoms with van der Waals surface area (Å²) in [7, 11) is 0. The third kappa shape index (κ3) is 2.47. The number of nitrogens with one attached hydrogen (secondary N) is 1. The van der Waals surface area contributed by atoms with Crippen molar-refractivity contribution in [3.63, 3.8) is 0 Å². The molecule has 1 heterocycles. The number of hydrogen-bond acceptors (Lipinski definition) is 5. The van der Waals surface area contributed by atoms with Crippen LogP contribution in [0, 0.1) is 0 Å². The first-order valence-electron chi connectivity index (χ1n) is 6.28. The number of nitrogen functional groups attached to an aromatic ring is 1. The zero-order valence-corrected chi connectivity index (χ0v) is 10.9. The van der Waals surface area contributed by atoms with Crippen LogP contribution in [0.1, 0.15) is 13.3 Å². The van der Waals surface area contributed by atoms with Crippen molar-refractivity contribution in [1.82, 2.24) is 4.98 Å². The van der Waals surface area contributed by atoms with Gasteiger partial charge in [-0.3, -0.25) is 4.98 Å². The maximum absolute atomic E-state index is 9.50. The molecule has 0 amide bonds. The van der Waals surface area contributed by atoms with Gasteiger partial charge < -0.3 is 21.3 Å². The smallest absolute Gasteiger partial charge is 0.0832 e. The molecule has 0 saturated heterocycles. The second-order valence-corrected chi connectivity index (χ2v) is 4.70. The van der Waals surface area contributed by atoms with E-state index < -0.39 is 5.54 Å². The van der Waals surface area contributed by atoms with Crippen LogP contribution in [-0.2, 0) is 0 Å². The fourth-order valence-electron chi connectivity index (χ4n) is 2.05. The number of anilines is 2. The summed E-state index contributed by atoms with van der Waals surface area (Å²) in [6.07, 6.45) is 4.01. The van der Waals surface area contributed by atoms with E-state index in [0.717, 1.165) is 16.5 Å². The average Bonchev–Trinajstić information content (AvgIpc) is 2.48. The van der Waals surface area contributed by atoms with Crippen LogP contribution in [0.5, 0.6) is 0 Å². The van der Waals surface area contributed by atoms with Crippen LogP contribution < -0.4 is 11.1 Å². The number of aliphatic hydroxyl groups excluding tert-OH is 2. The Kier molecular flexibility index (Phi) is 3.87. The van der Waals surface area contributed by atoms with Gasteiger partial charge in [-0.2, -0.15) is 0 Å². The molecule has 0 aliphatic rings. The Balaban J connectivity index is 2.49. The predicted molar refractivity (Wildman–Crippen MR) is 77.0 cm³/mol. The molecule has 5 heteroatoms. The lowest BCUT2D eigenvalue weighted by atomic mass is 9.97. The highest BCUT2D eigenvalue weighted by Gasteiger charge is 2.26. The first-order chi connectivity index (χ1) is 9.15. The molecule has 0 unspecified atom stereocenters. The van der Waals surface area contributed by atoms with E-state index in [4.69, 9.17) is 5.73 Å². The van der Waals surface area contributed by atoms with Crippen molar-refractivity contribution in [2.24, 2.45) is 0 Å². The minimum atomic E-state index is -0.730. The quantitative estimate of drug-likeness (QED) is 0.610. The van der Waals surface area contributed by atoms with E-state index in [2.05, 4.69) is 10.3 Å². The van der Waals surface area contributed by atoms with Crippen LogP contribution >= 0.6 is 0 Å². The number of nitrogens with zero attached hydrogens (tertiary/aromatic N) is 1. The molecule has 0 aliphatic carbocycles. The second kappa shape index (κ2) is 5.42. The molecule has 102 valence electrons. The summed E-state index contributed by atoms with van der Waals surface area (Å²) in [5.41, 5.74) is 6.68. The average molecular weight is 261 g/mol. The van der Waals surface area contributed by atoms with Gasteiger partial charge in [0.05, 0.1) is 18.8 Å². The lowest BCUT2D eigenvalue weighted by Gasteiger charge is -2.31. The lowest BCUT2D eigenvalue weighted by Crippen LogP contribution is -2.45. The molecule has 0 spiro atoms. The molecule has 0 radical (unpaired) electrons. The molecular formula is C14H19N3O2. The molecule has 19 heavy (non-hydrogen) atoms. The van der Waals surface area contributed by atoms with Crippen molar-refractivity contribution in [3.05, 3.63) is 30.6 Å². The summed E-state index contributed by atoms with van der Waals surface area (Å²) in [5, 5.41) is 24.0. The summed E-state index contributed by atoms with van der Waals surface area (Å²) >= 11 is 0. The van der Waals surface area contributed by atoms with E-state index in [-0.39, 0.29) is 13.2 Å². The van der Waals surface area contributed by atoms with E-state index in [1.54, 1.807) is 18.5 Å². The van der Waals surface area contributed by atoms with Gasteiger partial charge >= 0.3 is 0 Å². The van der Waals surface area contributed by atoms with Gasteiger partial charge in [0.1, 0.15) is 0 Å². The summed E-state index contributed by atoms with van der Waals surface area (Å²) in [5.74, 6) is 0. The van der Waals surface area contributed by atoms with E-state index in [9.17, 15) is 10.2 Å². The van der Waals surface area contributed by atoms with Crippen molar-refractivity contribution in [2.75, 3.05) is 24.3 Å². The lowest BCUT2D eigenvalue weighted by molar-refractivity contribution is 0.132. The Labute approximate surface area is 112 Å². The van der Waals surface area contributed by atoms with Gasteiger partial charge in [-0.05, 0) is 24.6 Å². The fraction of sp³-hybridized carbons (Fsp3) is 0.357. The summed E-state index contributed by atoms with van der Waals surface area (Å²) < 4.78 is 0. The van der Waals surface area contributed by atoms with Gasteiger partial charge in [0, 0.05) is 34.5 Å². The van der Waals surface area contributed by atoms with E-state index >= 15 is 0 Å².